The van der Waals surface area contributed by atoms with Crippen LogP contribution in [0.4, 0.5) is 0 Å². The van der Waals surface area contributed by atoms with Gasteiger partial charge in [-0.3, -0.25) is 4.68 Å². The van der Waals surface area contributed by atoms with E-state index in [4.69, 9.17) is 21.4 Å². The Kier molecular flexibility index (Phi) is 4.59. The number of rotatable bonds is 6. The Bertz CT molecular complexity index is 664. The number of aryl methyl sites for hydroxylation is 2. The van der Waals surface area contributed by atoms with Crippen molar-refractivity contribution in [1.29, 1.82) is 0 Å². The van der Waals surface area contributed by atoms with Crippen LogP contribution in [0.1, 0.15) is 34.5 Å². The van der Waals surface area contributed by atoms with Crippen molar-refractivity contribution in [2.45, 2.75) is 33.5 Å². The smallest absolute Gasteiger partial charge is 0.358 e. The Balaban J connectivity index is 2.42. The third kappa shape index (κ3) is 2.91. The van der Waals surface area contributed by atoms with Gasteiger partial charge < -0.3 is 9.84 Å². The minimum Gasteiger partial charge on any atom is -0.476 e. The molecular formula is C12H16ClN5O3. The largest absolute Gasteiger partial charge is 0.476 e. The summed E-state index contributed by atoms with van der Waals surface area (Å²) >= 11 is 6.25. The van der Waals surface area contributed by atoms with Gasteiger partial charge in [0.2, 0.25) is 0 Å². The van der Waals surface area contributed by atoms with Crippen LogP contribution in [-0.4, -0.2) is 43.0 Å². The Morgan fingerprint density at radius 2 is 2.10 bits per heavy atom. The van der Waals surface area contributed by atoms with E-state index < -0.39 is 5.97 Å². The highest BCUT2D eigenvalue weighted by Gasteiger charge is 2.21. The first-order valence-corrected chi connectivity index (χ1v) is 6.73. The summed E-state index contributed by atoms with van der Waals surface area (Å²) in [6, 6.07) is 0. The monoisotopic (exact) mass is 313 g/mol. The average Bonchev–Trinajstić information content (AvgIpc) is 2.96. The lowest BCUT2D eigenvalue weighted by atomic mass is 10.3. The number of methoxy groups -OCH3 is 1. The molecule has 0 fully saturated rings. The molecule has 2 heterocycles. The van der Waals surface area contributed by atoms with Crippen LogP contribution in [0.25, 0.3) is 0 Å². The van der Waals surface area contributed by atoms with E-state index in [-0.39, 0.29) is 18.8 Å². The van der Waals surface area contributed by atoms with Gasteiger partial charge in [-0.15, -0.1) is 5.10 Å². The van der Waals surface area contributed by atoms with Crippen LogP contribution >= 0.6 is 11.6 Å². The van der Waals surface area contributed by atoms with E-state index in [1.165, 1.54) is 11.8 Å². The number of carboxylic acids is 1. The van der Waals surface area contributed by atoms with Crippen molar-refractivity contribution in [3.8, 4) is 0 Å². The molecule has 2 aromatic heterocycles. The van der Waals surface area contributed by atoms with E-state index in [9.17, 15) is 4.79 Å². The Hall–Kier alpha value is -1.93. The molecule has 9 heteroatoms. The fraction of sp³-hybridized carbons (Fsp3) is 0.500. The third-order valence-corrected chi connectivity index (χ3v) is 3.57. The summed E-state index contributed by atoms with van der Waals surface area (Å²) < 4.78 is 8.26. The molecule has 0 amide bonds. The maximum Gasteiger partial charge on any atom is 0.358 e. The maximum absolute atomic E-state index is 11.1. The quantitative estimate of drug-likeness (QED) is 0.865. The second-order valence-corrected chi connectivity index (χ2v) is 4.82. The van der Waals surface area contributed by atoms with E-state index in [1.807, 2.05) is 13.8 Å². The van der Waals surface area contributed by atoms with Gasteiger partial charge in [-0.2, -0.15) is 5.10 Å². The highest BCUT2D eigenvalue weighted by atomic mass is 35.5. The molecule has 0 saturated carbocycles. The van der Waals surface area contributed by atoms with Gasteiger partial charge in [0.1, 0.15) is 0 Å². The maximum atomic E-state index is 11.1. The van der Waals surface area contributed by atoms with E-state index >= 15 is 0 Å². The number of aromatic nitrogens is 5. The second kappa shape index (κ2) is 6.23. The molecule has 114 valence electrons. The summed E-state index contributed by atoms with van der Waals surface area (Å²) in [6.45, 7) is 4.81. The van der Waals surface area contributed by atoms with Crippen molar-refractivity contribution in [2.24, 2.45) is 0 Å². The molecule has 0 aliphatic rings. The predicted octanol–water partition coefficient (Wildman–Crippen LogP) is 1.35. The van der Waals surface area contributed by atoms with Crippen LogP contribution in [0.5, 0.6) is 0 Å². The lowest BCUT2D eigenvalue weighted by Gasteiger charge is -2.08. The Morgan fingerprint density at radius 1 is 1.38 bits per heavy atom. The van der Waals surface area contributed by atoms with Crippen molar-refractivity contribution in [1.82, 2.24) is 24.8 Å². The number of carboxylic acid groups (broad SMARTS) is 1. The van der Waals surface area contributed by atoms with Crippen molar-refractivity contribution in [2.75, 3.05) is 7.11 Å². The van der Waals surface area contributed by atoms with Crippen molar-refractivity contribution in [3.63, 3.8) is 0 Å². The summed E-state index contributed by atoms with van der Waals surface area (Å²) in [5.74, 6) is -1.14. The molecule has 0 atom stereocenters. The number of halogens is 1. The van der Waals surface area contributed by atoms with Crippen LogP contribution < -0.4 is 0 Å². The molecule has 0 radical (unpaired) electrons. The number of aromatic carboxylic acids is 1. The van der Waals surface area contributed by atoms with E-state index in [0.717, 1.165) is 11.4 Å². The van der Waals surface area contributed by atoms with Crippen molar-refractivity contribution in [3.05, 3.63) is 27.8 Å². The molecule has 0 spiro atoms. The molecule has 21 heavy (non-hydrogen) atoms. The highest BCUT2D eigenvalue weighted by Crippen LogP contribution is 2.22. The molecule has 0 aliphatic carbocycles. The first kappa shape index (κ1) is 15.5. The first-order valence-electron chi connectivity index (χ1n) is 6.35. The minimum atomic E-state index is -1.14. The van der Waals surface area contributed by atoms with Crippen molar-refractivity contribution >= 4 is 17.6 Å². The van der Waals surface area contributed by atoms with Gasteiger partial charge in [-0.25, -0.2) is 9.48 Å². The molecule has 2 aromatic rings. The molecule has 1 N–H and O–H groups in total. The second-order valence-electron chi connectivity index (χ2n) is 4.44. The van der Waals surface area contributed by atoms with Crippen LogP contribution in [0.3, 0.4) is 0 Å². The summed E-state index contributed by atoms with van der Waals surface area (Å²) in [7, 11) is 1.48. The standard InChI is InChI=1S/C12H16ClN5O3/c1-4-17-8(10(13)7(2)15-17)5-18-9(6-21-3)11(12(19)20)14-16-18/h4-6H2,1-3H3,(H,19,20). The predicted molar refractivity (Wildman–Crippen MR) is 74.4 cm³/mol. The molecule has 0 saturated heterocycles. The van der Waals surface area contributed by atoms with Gasteiger partial charge in [-0.1, -0.05) is 16.8 Å². The molecule has 0 aromatic carbocycles. The number of ether oxygens (including phenoxy) is 1. The molecule has 0 aliphatic heterocycles. The average molecular weight is 314 g/mol. The van der Waals surface area contributed by atoms with Crippen LogP contribution in [-0.2, 0) is 24.4 Å². The van der Waals surface area contributed by atoms with Gasteiger partial charge in [0.05, 0.1) is 35.3 Å². The number of nitrogens with zero attached hydrogens (tertiary/aromatic N) is 5. The number of hydrogen-bond acceptors (Lipinski definition) is 5. The van der Waals surface area contributed by atoms with Gasteiger partial charge in [-0.05, 0) is 13.8 Å². The summed E-state index contributed by atoms with van der Waals surface area (Å²) in [5.41, 5.74) is 1.76. The van der Waals surface area contributed by atoms with Crippen molar-refractivity contribution < 1.29 is 14.6 Å². The molecule has 0 bridgehead atoms. The molecule has 2 rings (SSSR count). The fourth-order valence-corrected chi connectivity index (χ4v) is 2.26. The van der Waals surface area contributed by atoms with E-state index in [0.29, 0.717) is 17.3 Å². The summed E-state index contributed by atoms with van der Waals surface area (Å²) in [6.07, 6.45) is 0. The lowest BCUT2D eigenvalue weighted by molar-refractivity contribution is 0.0684. The third-order valence-electron chi connectivity index (χ3n) is 3.07. The van der Waals surface area contributed by atoms with Gasteiger partial charge >= 0.3 is 5.97 Å². The zero-order chi connectivity index (χ0) is 15.6. The van der Waals surface area contributed by atoms with E-state index in [2.05, 4.69) is 15.4 Å². The zero-order valence-electron chi connectivity index (χ0n) is 12.0. The summed E-state index contributed by atoms with van der Waals surface area (Å²) in [5, 5.41) is 21.5. The Labute approximate surface area is 126 Å². The topological polar surface area (TPSA) is 95.1 Å². The van der Waals surface area contributed by atoms with Crippen LogP contribution in [0.2, 0.25) is 5.02 Å². The van der Waals surface area contributed by atoms with Gasteiger partial charge in [0.25, 0.3) is 0 Å². The minimum absolute atomic E-state index is 0.103. The Morgan fingerprint density at radius 3 is 2.67 bits per heavy atom. The molecule has 8 nitrogen and oxygen atoms in total. The van der Waals surface area contributed by atoms with Crippen LogP contribution in [0.15, 0.2) is 0 Å². The number of carbonyl (C=O) groups is 1. The highest BCUT2D eigenvalue weighted by molar-refractivity contribution is 6.31. The lowest BCUT2D eigenvalue weighted by Crippen LogP contribution is -2.13. The molecular weight excluding hydrogens is 298 g/mol. The fourth-order valence-electron chi connectivity index (χ4n) is 2.07. The summed E-state index contributed by atoms with van der Waals surface area (Å²) in [4.78, 5) is 11.1. The molecule has 0 unspecified atom stereocenters. The van der Waals surface area contributed by atoms with Gasteiger partial charge in [0.15, 0.2) is 5.69 Å². The van der Waals surface area contributed by atoms with E-state index in [1.54, 1.807) is 4.68 Å². The number of hydrogen-bond donors (Lipinski definition) is 1. The first-order chi connectivity index (χ1) is 9.99. The normalized spacial score (nSPS) is 11.0. The van der Waals surface area contributed by atoms with Gasteiger partial charge in [0, 0.05) is 13.7 Å². The van der Waals surface area contributed by atoms with Crippen LogP contribution in [0, 0.1) is 6.92 Å². The zero-order valence-corrected chi connectivity index (χ0v) is 12.8. The SMILES string of the molecule is CCn1nc(C)c(Cl)c1Cn1nnc(C(=O)O)c1COC.